The van der Waals surface area contributed by atoms with Gasteiger partial charge in [0.1, 0.15) is 11.4 Å². The van der Waals surface area contributed by atoms with Crippen LogP contribution < -0.4 is 11.1 Å². The lowest BCUT2D eigenvalue weighted by molar-refractivity contribution is -0.124. The standard InChI is InChI=1S/C15H18N4O2/c16-15(4-8-21-9-5-15)14(20)19-12-3-1-2-11(10-12)13-17-6-7-18-13/h1-3,6-7,10H,4-5,8-9,16H2,(H,17,18)(H,19,20). The van der Waals surface area contributed by atoms with Crippen LogP contribution in [0.4, 0.5) is 5.69 Å². The number of nitrogens with zero attached hydrogens (tertiary/aromatic N) is 1. The number of nitrogens with two attached hydrogens (primary N) is 1. The predicted octanol–water partition coefficient (Wildman–Crippen LogP) is 1.52. The van der Waals surface area contributed by atoms with Crippen LogP contribution in [0.1, 0.15) is 12.8 Å². The van der Waals surface area contributed by atoms with Gasteiger partial charge in [-0.2, -0.15) is 0 Å². The molecule has 1 aliphatic heterocycles. The van der Waals surface area contributed by atoms with E-state index in [9.17, 15) is 4.79 Å². The van der Waals surface area contributed by atoms with Gasteiger partial charge in [-0.15, -0.1) is 0 Å². The minimum absolute atomic E-state index is 0.164. The number of benzene rings is 1. The minimum Gasteiger partial charge on any atom is -0.381 e. The molecule has 1 aromatic carbocycles. The number of rotatable bonds is 3. The van der Waals surface area contributed by atoms with E-state index in [4.69, 9.17) is 10.5 Å². The largest absolute Gasteiger partial charge is 0.381 e. The van der Waals surface area contributed by atoms with E-state index in [1.165, 1.54) is 0 Å². The molecule has 1 amide bonds. The van der Waals surface area contributed by atoms with E-state index in [1.54, 1.807) is 12.4 Å². The van der Waals surface area contributed by atoms with Crippen LogP contribution in [0, 0.1) is 0 Å². The Morgan fingerprint density at radius 3 is 2.90 bits per heavy atom. The van der Waals surface area contributed by atoms with Gasteiger partial charge in [0, 0.05) is 36.9 Å². The zero-order valence-electron chi connectivity index (χ0n) is 11.6. The summed E-state index contributed by atoms with van der Waals surface area (Å²) in [6, 6.07) is 7.52. The van der Waals surface area contributed by atoms with Crippen LogP contribution >= 0.6 is 0 Å². The molecule has 0 atom stereocenters. The molecule has 0 saturated carbocycles. The lowest BCUT2D eigenvalue weighted by Gasteiger charge is -2.31. The third-order valence-electron chi connectivity index (χ3n) is 3.73. The van der Waals surface area contributed by atoms with E-state index >= 15 is 0 Å². The summed E-state index contributed by atoms with van der Waals surface area (Å²) in [5.41, 5.74) is 6.95. The normalized spacial score (nSPS) is 17.4. The summed E-state index contributed by atoms with van der Waals surface area (Å²) in [6.45, 7) is 1.05. The van der Waals surface area contributed by atoms with Crippen LogP contribution in [-0.2, 0) is 9.53 Å². The quantitative estimate of drug-likeness (QED) is 0.797. The first kappa shape index (κ1) is 13.8. The topological polar surface area (TPSA) is 93.0 Å². The smallest absolute Gasteiger partial charge is 0.244 e. The SMILES string of the molecule is NC1(C(=O)Nc2cccc(-c3ncc[nH]3)c2)CCOCC1. The number of carbonyl (C=O) groups is 1. The molecule has 6 heteroatoms. The molecule has 0 aliphatic carbocycles. The molecule has 21 heavy (non-hydrogen) atoms. The van der Waals surface area contributed by atoms with Gasteiger partial charge >= 0.3 is 0 Å². The molecular weight excluding hydrogens is 268 g/mol. The Morgan fingerprint density at radius 2 is 2.19 bits per heavy atom. The molecule has 0 bridgehead atoms. The number of anilines is 1. The second-order valence-corrected chi connectivity index (χ2v) is 5.24. The summed E-state index contributed by atoms with van der Waals surface area (Å²) < 4.78 is 5.26. The molecule has 0 radical (unpaired) electrons. The van der Waals surface area contributed by atoms with Gasteiger partial charge in [-0.05, 0) is 25.0 Å². The number of hydrogen-bond acceptors (Lipinski definition) is 4. The Balaban J connectivity index is 1.76. The van der Waals surface area contributed by atoms with Crippen molar-refractivity contribution in [2.75, 3.05) is 18.5 Å². The van der Waals surface area contributed by atoms with Gasteiger partial charge in [-0.25, -0.2) is 4.98 Å². The molecule has 4 N–H and O–H groups in total. The zero-order valence-corrected chi connectivity index (χ0v) is 11.6. The van der Waals surface area contributed by atoms with Crippen molar-refractivity contribution in [3.05, 3.63) is 36.7 Å². The van der Waals surface area contributed by atoms with Crippen LogP contribution in [0.3, 0.4) is 0 Å². The number of carbonyl (C=O) groups excluding carboxylic acids is 1. The van der Waals surface area contributed by atoms with Crippen molar-refractivity contribution in [3.8, 4) is 11.4 Å². The van der Waals surface area contributed by atoms with Gasteiger partial charge < -0.3 is 20.8 Å². The van der Waals surface area contributed by atoms with Gasteiger partial charge in [0.05, 0.1) is 0 Å². The molecular formula is C15H18N4O2. The first-order valence-corrected chi connectivity index (χ1v) is 6.95. The monoisotopic (exact) mass is 286 g/mol. The number of amides is 1. The van der Waals surface area contributed by atoms with Crippen molar-refractivity contribution in [2.24, 2.45) is 5.73 Å². The maximum absolute atomic E-state index is 12.4. The van der Waals surface area contributed by atoms with Gasteiger partial charge in [-0.3, -0.25) is 4.79 Å². The second kappa shape index (κ2) is 5.67. The maximum Gasteiger partial charge on any atom is 0.244 e. The molecule has 3 rings (SSSR count). The molecule has 6 nitrogen and oxygen atoms in total. The Bertz CT molecular complexity index is 618. The van der Waals surface area contributed by atoms with Gasteiger partial charge in [0.15, 0.2) is 0 Å². The lowest BCUT2D eigenvalue weighted by Crippen LogP contribution is -2.54. The highest BCUT2D eigenvalue weighted by Gasteiger charge is 2.35. The second-order valence-electron chi connectivity index (χ2n) is 5.24. The number of nitrogens with one attached hydrogen (secondary N) is 2. The number of ether oxygens (including phenoxy) is 1. The average molecular weight is 286 g/mol. The first-order valence-electron chi connectivity index (χ1n) is 6.95. The number of hydrogen-bond donors (Lipinski definition) is 3. The molecule has 2 aromatic rings. The van der Waals surface area contributed by atoms with Crippen molar-refractivity contribution in [1.82, 2.24) is 9.97 Å². The predicted molar refractivity (Wildman–Crippen MR) is 79.6 cm³/mol. The number of H-pyrrole nitrogens is 1. The summed E-state index contributed by atoms with van der Waals surface area (Å²) in [5, 5.41) is 2.89. The summed E-state index contributed by atoms with van der Waals surface area (Å²) in [6.07, 6.45) is 4.53. The van der Waals surface area contributed by atoms with Crippen molar-refractivity contribution in [1.29, 1.82) is 0 Å². The highest BCUT2D eigenvalue weighted by molar-refractivity contribution is 5.98. The number of imidazole rings is 1. The molecule has 1 aromatic heterocycles. The zero-order chi connectivity index (χ0) is 14.7. The summed E-state index contributed by atoms with van der Waals surface area (Å²) in [4.78, 5) is 19.6. The maximum atomic E-state index is 12.4. The highest BCUT2D eigenvalue weighted by Crippen LogP contribution is 2.23. The minimum atomic E-state index is -0.848. The van der Waals surface area contributed by atoms with Crippen molar-refractivity contribution >= 4 is 11.6 Å². The third-order valence-corrected chi connectivity index (χ3v) is 3.73. The Labute approximate surface area is 122 Å². The van der Waals surface area contributed by atoms with E-state index in [0.717, 1.165) is 11.4 Å². The van der Waals surface area contributed by atoms with Crippen LogP contribution in [0.5, 0.6) is 0 Å². The fourth-order valence-corrected chi connectivity index (χ4v) is 2.39. The van der Waals surface area contributed by atoms with Crippen LogP contribution in [0.2, 0.25) is 0 Å². The van der Waals surface area contributed by atoms with E-state index in [1.807, 2.05) is 24.3 Å². The van der Waals surface area contributed by atoms with E-state index < -0.39 is 5.54 Å². The first-order chi connectivity index (χ1) is 10.2. The third kappa shape index (κ3) is 2.96. The molecule has 0 spiro atoms. The molecule has 1 saturated heterocycles. The molecule has 0 unspecified atom stereocenters. The molecule has 1 aliphatic rings. The lowest BCUT2D eigenvalue weighted by atomic mass is 9.90. The van der Waals surface area contributed by atoms with Crippen LogP contribution in [0.15, 0.2) is 36.7 Å². The fraction of sp³-hybridized carbons (Fsp3) is 0.333. The Kier molecular flexibility index (Phi) is 3.72. The van der Waals surface area contributed by atoms with E-state index in [0.29, 0.717) is 31.7 Å². The van der Waals surface area contributed by atoms with Gasteiger partial charge in [0.25, 0.3) is 0 Å². The number of aromatic nitrogens is 2. The van der Waals surface area contributed by atoms with E-state index in [2.05, 4.69) is 15.3 Å². The van der Waals surface area contributed by atoms with Gasteiger partial charge in [-0.1, -0.05) is 12.1 Å². The fourth-order valence-electron chi connectivity index (χ4n) is 2.39. The van der Waals surface area contributed by atoms with Crippen LogP contribution in [-0.4, -0.2) is 34.6 Å². The average Bonchev–Trinajstić information content (AvgIpc) is 3.02. The van der Waals surface area contributed by atoms with Crippen molar-refractivity contribution in [3.63, 3.8) is 0 Å². The van der Waals surface area contributed by atoms with Crippen molar-refractivity contribution in [2.45, 2.75) is 18.4 Å². The summed E-state index contributed by atoms with van der Waals surface area (Å²) in [7, 11) is 0. The highest BCUT2D eigenvalue weighted by atomic mass is 16.5. The van der Waals surface area contributed by atoms with Crippen molar-refractivity contribution < 1.29 is 9.53 Å². The molecule has 1 fully saturated rings. The Morgan fingerprint density at radius 1 is 1.38 bits per heavy atom. The van der Waals surface area contributed by atoms with E-state index in [-0.39, 0.29) is 5.91 Å². The van der Waals surface area contributed by atoms with Crippen LogP contribution in [0.25, 0.3) is 11.4 Å². The summed E-state index contributed by atoms with van der Waals surface area (Å²) >= 11 is 0. The molecule has 2 heterocycles. The molecule has 110 valence electrons. The Hall–Kier alpha value is -2.18. The number of aromatic amines is 1. The van der Waals surface area contributed by atoms with Gasteiger partial charge in [0.2, 0.25) is 5.91 Å². The summed E-state index contributed by atoms with van der Waals surface area (Å²) in [5.74, 6) is 0.599.